The van der Waals surface area contributed by atoms with Gasteiger partial charge in [0.05, 0.1) is 0 Å². The minimum atomic E-state index is -0.860. The summed E-state index contributed by atoms with van der Waals surface area (Å²) in [4.78, 5) is 12.6. The summed E-state index contributed by atoms with van der Waals surface area (Å²) in [5.41, 5.74) is 0.372. The van der Waals surface area contributed by atoms with Crippen molar-refractivity contribution < 1.29 is 9.90 Å². The highest BCUT2D eigenvalue weighted by molar-refractivity contribution is 7.12. The molecule has 0 aliphatic rings. The summed E-state index contributed by atoms with van der Waals surface area (Å²) in [5, 5.41) is 8.59. The molecule has 0 saturated carbocycles. The van der Waals surface area contributed by atoms with E-state index in [1.165, 1.54) is 4.88 Å². The van der Waals surface area contributed by atoms with Crippen LogP contribution in [0.4, 0.5) is 0 Å². The predicted molar refractivity (Wildman–Crippen MR) is 50.3 cm³/mol. The van der Waals surface area contributed by atoms with Gasteiger partial charge >= 0.3 is 5.97 Å². The lowest BCUT2D eigenvalue weighted by Gasteiger charge is -1.89. The van der Waals surface area contributed by atoms with Gasteiger partial charge < -0.3 is 5.11 Å². The Labute approximate surface area is 75.2 Å². The van der Waals surface area contributed by atoms with E-state index in [2.05, 4.69) is 0 Å². The van der Waals surface area contributed by atoms with E-state index in [0.29, 0.717) is 5.57 Å². The third-order valence-electron chi connectivity index (χ3n) is 1.46. The maximum absolute atomic E-state index is 10.4. The molecule has 0 atom stereocenters. The number of hydrogen-bond acceptors (Lipinski definition) is 2. The molecule has 0 spiro atoms. The highest BCUT2D eigenvalue weighted by Gasteiger charge is 2.00. The van der Waals surface area contributed by atoms with Crippen molar-refractivity contribution in [3.8, 4) is 0 Å². The number of carboxylic acids is 1. The molecule has 1 heterocycles. The minimum Gasteiger partial charge on any atom is -0.478 e. The van der Waals surface area contributed by atoms with Crippen molar-refractivity contribution in [1.82, 2.24) is 0 Å². The Bertz CT molecular complexity index is 323. The molecule has 0 aliphatic heterocycles. The van der Waals surface area contributed by atoms with E-state index in [4.69, 9.17) is 5.11 Å². The number of aryl methyl sites for hydroxylation is 1. The molecule has 0 aliphatic carbocycles. The van der Waals surface area contributed by atoms with E-state index in [9.17, 15) is 4.79 Å². The van der Waals surface area contributed by atoms with Crippen molar-refractivity contribution in [1.29, 1.82) is 0 Å². The lowest BCUT2D eigenvalue weighted by Crippen LogP contribution is -1.94. The van der Waals surface area contributed by atoms with Crippen LogP contribution in [-0.2, 0) is 4.79 Å². The standard InChI is InChI=1S/C9H10O2S/c1-6(9(10)11)5-8-4-3-7(2)12-8/h3-5H,1-2H3,(H,10,11)/b6-5+. The molecule has 12 heavy (non-hydrogen) atoms. The second-order valence-electron chi connectivity index (χ2n) is 2.58. The first-order valence-corrected chi connectivity index (χ1v) is 4.39. The van der Waals surface area contributed by atoms with E-state index in [0.717, 1.165) is 4.88 Å². The van der Waals surface area contributed by atoms with E-state index < -0.39 is 5.97 Å². The molecule has 0 bridgehead atoms. The summed E-state index contributed by atoms with van der Waals surface area (Å²) < 4.78 is 0. The number of hydrogen-bond donors (Lipinski definition) is 1. The summed E-state index contributed by atoms with van der Waals surface area (Å²) in [6, 6.07) is 3.90. The third kappa shape index (κ3) is 2.20. The molecule has 0 amide bonds. The Morgan fingerprint density at radius 2 is 2.25 bits per heavy atom. The SMILES string of the molecule is C/C(=C\c1ccc(C)s1)C(=O)O. The van der Waals surface area contributed by atoms with E-state index in [1.54, 1.807) is 24.3 Å². The molecule has 64 valence electrons. The van der Waals surface area contributed by atoms with Crippen LogP contribution in [0.1, 0.15) is 16.7 Å². The van der Waals surface area contributed by atoms with Crippen molar-refractivity contribution in [2.45, 2.75) is 13.8 Å². The lowest BCUT2D eigenvalue weighted by atomic mass is 10.2. The average molecular weight is 182 g/mol. The fourth-order valence-electron chi connectivity index (χ4n) is 0.806. The van der Waals surface area contributed by atoms with Crippen molar-refractivity contribution in [2.24, 2.45) is 0 Å². The largest absolute Gasteiger partial charge is 0.478 e. The molecular weight excluding hydrogens is 172 g/mol. The van der Waals surface area contributed by atoms with Crippen molar-refractivity contribution >= 4 is 23.4 Å². The van der Waals surface area contributed by atoms with Crippen molar-refractivity contribution in [3.05, 3.63) is 27.5 Å². The fraction of sp³-hybridized carbons (Fsp3) is 0.222. The summed E-state index contributed by atoms with van der Waals surface area (Å²) in [6.07, 6.45) is 1.68. The summed E-state index contributed by atoms with van der Waals surface area (Å²) in [5.74, 6) is -0.860. The van der Waals surface area contributed by atoms with Gasteiger partial charge in [0, 0.05) is 15.3 Å². The Kier molecular flexibility index (Phi) is 2.65. The Morgan fingerprint density at radius 1 is 1.58 bits per heavy atom. The number of thiophene rings is 1. The molecule has 1 aromatic heterocycles. The molecule has 0 radical (unpaired) electrons. The number of rotatable bonds is 2. The molecular formula is C9H10O2S. The van der Waals surface area contributed by atoms with Gasteiger partial charge in [0.25, 0.3) is 0 Å². The number of carbonyl (C=O) groups is 1. The highest BCUT2D eigenvalue weighted by atomic mass is 32.1. The Morgan fingerprint density at radius 3 is 2.67 bits per heavy atom. The van der Waals surface area contributed by atoms with Gasteiger partial charge in [-0.15, -0.1) is 11.3 Å². The second kappa shape index (κ2) is 3.54. The van der Waals surface area contributed by atoms with Gasteiger partial charge in [-0.2, -0.15) is 0 Å². The number of carboxylic acid groups (broad SMARTS) is 1. The van der Waals surface area contributed by atoms with Crippen LogP contribution in [0.2, 0.25) is 0 Å². The fourth-order valence-corrected chi connectivity index (χ4v) is 1.69. The van der Waals surface area contributed by atoms with Crippen LogP contribution < -0.4 is 0 Å². The smallest absolute Gasteiger partial charge is 0.331 e. The Hall–Kier alpha value is -1.09. The molecule has 0 aromatic carbocycles. The third-order valence-corrected chi connectivity index (χ3v) is 2.40. The summed E-state index contributed by atoms with van der Waals surface area (Å²) in [7, 11) is 0. The van der Waals surface area contributed by atoms with Crippen LogP contribution in [0.25, 0.3) is 6.08 Å². The minimum absolute atomic E-state index is 0.372. The first-order valence-electron chi connectivity index (χ1n) is 3.57. The molecule has 2 nitrogen and oxygen atoms in total. The molecule has 1 N–H and O–H groups in total. The first-order chi connectivity index (χ1) is 5.59. The second-order valence-corrected chi connectivity index (χ2v) is 3.90. The quantitative estimate of drug-likeness (QED) is 0.714. The zero-order valence-corrected chi connectivity index (χ0v) is 7.81. The van der Waals surface area contributed by atoms with Crippen LogP contribution >= 0.6 is 11.3 Å². The normalized spacial score (nSPS) is 11.7. The van der Waals surface area contributed by atoms with Crippen molar-refractivity contribution in [3.63, 3.8) is 0 Å². The molecule has 0 unspecified atom stereocenters. The van der Waals surface area contributed by atoms with Gasteiger partial charge in [-0.05, 0) is 32.1 Å². The topological polar surface area (TPSA) is 37.3 Å². The van der Waals surface area contributed by atoms with Crippen LogP contribution in [-0.4, -0.2) is 11.1 Å². The van der Waals surface area contributed by atoms with E-state index in [1.807, 2.05) is 19.1 Å². The Balaban J connectivity index is 2.87. The van der Waals surface area contributed by atoms with Crippen LogP contribution in [0, 0.1) is 6.92 Å². The van der Waals surface area contributed by atoms with Gasteiger partial charge in [0.15, 0.2) is 0 Å². The molecule has 1 aromatic rings. The maximum atomic E-state index is 10.4. The summed E-state index contributed by atoms with van der Waals surface area (Å²) >= 11 is 1.59. The monoisotopic (exact) mass is 182 g/mol. The van der Waals surface area contributed by atoms with Gasteiger partial charge in [0.1, 0.15) is 0 Å². The van der Waals surface area contributed by atoms with E-state index >= 15 is 0 Å². The lowest BCUT2D eigenvalue weighted by molar-refractivity contribution is -0.132. The molecule has 0 saturated heterocycles. The average Bonchev–Trinajstić information content (AvgIpc) is 2.35. The predicted octanol–water partition coefficient (Wildman–Crippen LogP) is 2.54. The van der Waals surface area contributed by atoms with Crippen LogP contribution in [0.15, 0.2) is 17.7 Å². The maximum Gasteiger partial charge on any atom is 0.331 e. The van der Waals surface area contributed by atoms with E-state index in [-0.39, 0.29) is 0 Å². The van der Waals surface area contributed by atoms with Crippen LogP contribution in [0.3, 0.4) is 0 Å². The summed E-state index contributed by atoms with van der Waals surface area (Å²) in [6.45, 7) is 3.59. The number of aliphatic carboxylic acids is 1. The van der Waals surface area contributed by atoms with Crippen molar-refractivity contribution in [2.75, 3.05) is 0 Å². The van der Waals surface area contributed by atoms with Gasteiger partial charge in [-0.25, -0.2) is 4.79 Å². The highest BCUT2D eigenvalue weighted by Crippen LogP contribution is 2.17. The molecule has 0 fully saturated rings. The zero-order chi connectivity index (χ0) is 9.14. The molecule has 3 heteroatoms. The van der Waals surface area contributed by atoms with Gasteiger partial charge in [-0.1, -0.05) is 0 Å². The first kappa shape index (κ1) is 9.00. The van der Waals surface area contributed by atoms with Gasteiger partial charge in [0.2, 0.25) is 0 Å². The van der Waals surface area contributed by atoms with Crippen LogP contribution in [0.5, 0.6) is 0 Å². The zero-order valence-electron chi connectivity index (χ0n) is 7.00. The molecule has 1 rings (SSSR count). The van der Waals surface area contributed by atoms with Gasteiger partial charge in [-0.3, -0.25) is 0 Å².